The van der Waals surface area contributed by atoms with Gasteiger partial charge in [-0.25, -0.2) is 19.2 Å². The lowest BCUT2D eigenvalue weighted by molar-refractivity contribution is -0.243. The largest absolute Gasteiger partial charge is 0.433 e. The Hall–Kier alpha value is -2.50. The minimum absolute atomic E-state index is 0.0581. The predicted octanol–water partition coefficient (Wildman–Crippen LogP) is 6.29. The van der Waals surface area contributed by atoms with E-state index in [2.05, 4.69) is 20.1 Å². The summed E-state index contributed by atoms with van der Waals surface area (Å²) in [7, 11) is 0. The van der Waals surface area contributed by atoms with Gasteiger partial charge in [0.15, 0.2) is 11.5 Å². The van der Waals surface area contributed by atoms with Crippen LogP contribution in [0.1, 0.15) is 77.9 Å². The number of hydrogen-bond acceptors (Lipinski definition) is 7. The molecule has 0 N–H and O–H groups in total. The van der Waals surface area contributed by atoms with Crippen LogP contribution in [0.3, 0.4) is 0 Å². The van der Waals surface area contributed by atoms with Crippen LogP contribution >= 0.6 is 11.6 Å². The molecule has 0 unspecified atom stereocenters. The second-order valence-corrected chi connectivity index (χ2v) is 11.2. The molecule has 0 aromatic carbocycles. The molecule has 2 aromatic rings. The fourth-order valence-electron chi connectivity index (χ4n) is 4.90. The Bertz CT molecular complexity index is 1110. The molecule has 2 bridgehead atoms. The van der Waals surface area contributed by atoms with Gasteiger partial charge in [0.25, 0.3) is 5.89 Å². The van der Waals surface area contributed by atoms with Crippen molar-refractivity contribution in [3.8, 4) is 0 Å². The van der Waals surface area contributed by atoms with Crippen LogP contribution in [0.15, 0.2) is 16.8 Å². The highest BCUT2D eigenvalue weighted by molar-refractivity contribution is 6.28. The molecule has 198 valence electrons. The van der Waals surface area contributed by atoms with Gasteiger partial charge in [-0.2, -0.15) is 18.2 Å². The number of fused-ring (bicyclic) bond motifs is 3. The van der Waals surface area contributed by atoms with Gasteiger partial charge in [0.1, 0.15) is 5.82 Å². The van der Waals surface area contributed by atoms with Crippen LogP contribution in [0, 0.1) is 5.41 Å². The molecule has 36 heavy (non-hydrogen) atoms. The third-order valence-corrected chi connectivity index (χ3v) is 7.62. The van der Waals surface area contributed by atoms with Gasteiger partial charge >= 0.3 is 12.3 Å². The molecule has 3 fully saturated rings. The van der Waals surface area contributed by atoms with Crippen LogP contribution in [0.4, 0.5) is 28.2 Å². The van der Waals surface area contributed by atoms with E-state index in [9.17, 15) is 22.4 Å². The molecular formula is C23H28ClF4N5O3. The first-order valence-electron chi connectivity index (χ1n) is 11.7. The smallest absolute Gasteiger partial charge is 0.427 e. The van der Waals surface area contributed by atoms with Crippen molar-refractivity contribution in [1.82, 2.24) is 20.1 Å². The Balaban J connectivity index is 1.56. The third kappa shape index (κ3) is 5.01. The molecule has 13 heteroatoms. The maximum Gasteiger partial charge on any atom is 0.427 e. The molecular weight excluding hydrogens is 506 g/mol. The van der Waals surface area contributed by atoms with Crippen LogP contribution in [0.25, 0.3) is 0 Å². The topological polar surface area (TPSA) is 94.2 Å². The number of hydrogen-bond donors (Lipinski definition) is 0. The Kier molecular flexibility index (Phi) is 6.50. The number of aromatic nitrogens is 4. The van der Waals surface area contributed by atoms with Crippen molar-refractivity contribution in [2.75, 3.05) is 11.4 Å². The maximum absolute atomic E-state index is 14.3. The molecule has 0 atom stereocenters. The second kappa shape index (κ2) is 8.81. The molecule has 2 heterocycles. The maximum atomic E-state index is 14.3. The van der Waals surface area contributed by atoms with Crippen LogP contribution in [0.2, 0.25) is 5.28 Å². The number of halogens is 5. The standard InChI is InChI=1S/C23H28ClF4N5O3/c1-19(2,25)16-31-15(32-36-16)22-9-6-21(7-10-22,8-11-22)13-33(14-5-12-29-17(24)30-14)18(34)35-20(3,4)23(26,27)28/h5,12H,6-11,13H2,1-4H3. The van der Waals surface area contributed by atoms with E-state index in [1.807, 2.05) is 0 Å². The Morgan fingerprint density at radius 2 is 1.69 bits per heavy atom. The molecule has 8 nitrogen and oxygen atoms in total. The van der Waals surface area contributed by atoms with E-state index in [0.717, 1.165) is 18.7 Å². The first-order chi connectivity index (χ1) is 16.6. The van der Waals surface area contributed by atoms with Crippen molar-refractivity contribution in [3.05, 3.63) is 29.3 Å². The number of rotatable bonds is 6. The van der Waals surface area contributed by atoms with E-state index in [1.165, 1.54) is 26.1 Å². The van der Waals surface area contributed by atoms with Crippen LogP contribution < -0.4 is 4.90 Å². The number of carbonyl (C=O) groups is 1. The summed E-state index contributed by atoms with van der Waals surface area (Å²) >= 11 is 5.91. The van der Waals surface area contributed by atoms with Gasteiger partial charge in [0, 0.05) is 18.2 Å². The zero-order chi connectivity index (χ0) is 26.6. The molecule has 0 saturated heterocycles. The molecule has 3 aliphatic rings. The molecule has 0 radical (unpaired) electrons. The SMILES string of the molecule is CC(C)(F)c1nc(C23CCC(CN(C(=O)OC(C)(C)C(F)(F)F)c4ccnc(Cl)n4)(CC2)CC3)no1. The zero-order valence-electron chi connectivity index (χ0n) is 20.5. The van der Waals surface area contributed by atoms with Crippen molar-refractivity contribution in [1.29, 1.82) is 0 Å². The molecule has 3 saturated carbocycles. The van der Waals surface area contributed by atoms with Gasteiger partial charge in [-0.15, -0.1) is 0 Å². The minimum atomic E-state index is -4.76. The van der Waals surface area contributed by atoms with E-state index in [0.29, 0.717) is 44.3 Å². The highest BCUT2D eigenvalue weighted by Crippen LogP contribution is 2.57. The van der Waals surface area contributed by atoms with Crippen molar-refractivity contribution in [2.45, 2.75) is 89.1 Å². The average Bonchev–Trinajstić information content (AvgIpc) is 3.30. The summed E-state index contributed by atoms with van der Waals surface area (Å²) < 4.78 is 64.6. The van der Waals surface area contributed by atoms with Gasteiger partial charge in [0.2, 0.25) is 10.9 Å². The van der Waals surface area contributed by atoms with E-state index in [4.69, 9.17) is 20.9 Å². The molecule has 3 aliphatic carbocycles. The first kappa shape index (κ1) is 26.6. The normalized spacial score (nSPS) is 24.6. The van der Waals surface area contributed by atoms with Crippen molar-refractivity contribution >= 4 is 23.5 Å². The quantitative estimate of drug-likeness (QED) is 0.318. The summed E-state index contributed by atoms with van der Waals surface area (Å²) in [5.41, 5.74) is -5.20. The number of ether oxygens (including phenoxy) is 1. The zero-order valence-corrected chi connectivity index (χ0v) is 21.2. The summed E-state index contributed by atoms with van der Waals surface area (Å²) in [5.74, 6) is 0.459. The van der Waals surface area contributed by atoms with E-state index < -0.39 is 23.5 Å². The summed E-state index contributed by atoms with van der Waals surface area (Å²) in [6.45, 7) is 4.38. The fraction of sp³-hybridized carbons (Fsp3) is 0.696. The lowest BCUT2D eigenvalue weighted by Gasteiger charge is -2.53. The Labute approximate surface area is 210 Å². The molecule has 1 amide bonds. The fourth-order valence-corrected chi connectivity index (χ4v) is 5.04. The number of amides is 1. The summed E-state index contributed by atoms with van der Waals surface area (Å²) in [5, 5.41) is 3.91. The summed E-state index contributed by atoms with van der Waals surface area (Å²) in [6.07, 6.45) is -0.645. The van der Waals surface area contributed by atoms with Gasteiger partial charge in [-0.05, 0) is 89.3 Å². The lowest BCUT2D eigenvalue weighted by Crippen LogP contribution is -2.53. The van der Waals surface area contributed by atoms with Gasteiger partial charge in [-0.3, -0.25) is 4.90 Å². The third-order valence-electron chi connectivity index (χ3n) is 7.44. The van der Waals surface area contributed by atoms with Crippen LogP contribution in [0.5, 0.6) is 0 Å². The average molecular weight is 534 g/mol. The first-order valence-corrected chi connectivity index (χ1v) is 12.0. The monoisotopic (exact) mass is 533 g/mol. The van der Waals surface area contributed by atoms with Gasteiger partial charge in [-0.1, -0.05) is 5.16 Å². The van der Waals surface area contributed by atoms with E-state index in [-0.39, 0.29) is 34.4 Å². The van der Waals surface area contributed by atoms with Gasteiger partial charge < -0.3 is 9.26 Å². The van der Waals surface area contributed by atoms with Crippen molar-refractivity contribution in [3.63, 3.8) is 0 Å². The second-order valence-electron chi connectivity index (χ2n) is 10.8. The van der Waals surface area contributed by atoms with Crippen LogP contribution in [-0.4, -0.2) is 44.5 Å². The highest BCUT2D eigenvalue weighted by atomic mass is 35.5. The Morgan fingerprint density at radius 1 is 1.08 bits per heavy atom. The number of nitrogens with zero attached hydrogens (tertiary/aromatic N) is 5. The number of anilines is 1. The van der Waals surface area contributed by atoms with Crippen molar-refractivity contribution in [2.24, 2.45) is 5.41 Å². The number of alkyl halides is 4. The number of carbonyl (C=O) groups excluding carboxylic acids is 1. The molecule has 2 aromatic heterocycles. The van der Waals surface area contributed by atoms with E-state index in [1.54, 1.807) is 0 Å². The minimum Gasteiger partial charge on any atom is -0.433 e. The van der Waals surface area contributed by atoms with E-state index >= 15 is 0 Å². The molecule has 0 spiro atoms. The van der Waals surface area contributed by atoms with Crippen LogP contribution in [-0.2, 0) is 15.8 Å². The lowest BCUT2D eigenvalue weighted by atomic mass is 9.53. The molecule has 0 aliphatic heterocycles. The predicted molar refractivity (Wildman–Crippen MR) is 121 cm³/mol. The summed E-state index contributed by atoms with van der Waals surface area (Å²) in [4.78, 5) is 26.4. The van der Waals surface area contributed by atoms with Gasteiger partial charge in [0.05, 0.1) is 0 Å². The highest BCUT2D eigenvalue weighted by Gasteiger charge is 2.54. The van der Waals surface area contributed by atoms with Crippen molar-refractivity contribution < 1.29 is 31.6 Å². The summed E-state index contributed by atoms with van der Waals surface area (Å²) in [6, 6.07) is 1.40. The molecule has 5 rings (SSSR count). The Morgan fingerprint density at radius 3 is 2.19 bits per heavy atom.